The summed E-state index contributed by atoms with van der Waals surface area (Å²) in [6, 6.07) is 2.32. The Morgan fingerprint density at radius 2 is 1.90 bits per heavy atom. The lowest BCUT2D eigenvalue weighted by atomic mass is 10.1. The third kappa shape index (κ3) is 8.23. The number of nitrogen functional groups attached to an aromatic ring is 1. The molecule has 3 rings (SSSR count). The molecule has 0 amide bonds. The molecular formula is C25H32F3N8O4P. The number of nitrogens with two attached hydrogens (primary N) is 1. The van der Waals surface area contributed by atoms with Crippen LogP contribution in [0.4, 0.5) is 24.7 Å². The van der Waals surface area contributed by atoms with Gasteiger partial charge in [0.25, 0.3) is 0 Å². The minimum absolute atomic E-state index is 0.0840. The molecule has 0 fully saturated rings. The quantitative estimate of drug-likeness (QED) is 0.144. The fraction of sp³-hybridized carbons (Fsp3) is 0.480. The molecule has 0 saturated carbocycles. The van der Waals surface area contributed by atoms with E-state index >= 15 is 0 Å². The van der Waals surface area contributed by atoms with E-state index in [4.69, 9.17) is 21.8 Å². The van der Waals surface area contributed by atoms with Gasteiger partial charge in [-0.2, -0.15) is 13.2 Å². The number of imidazole rings is 1. The van der Waals surface area contributed by atoms with E-state index in [9.17, 15) is 22.5 Å². The summed E-state index contributed by atoms with van der Waals surface area (Å²) in [6.45, 7) is 13.4. The van der Waals surface area contributed by atoms with Crippen LogP contribution in [0, 0.1) is 6.57 Å². The van der Waals surface area contributed by atoms with Crippen LogP contribution in [0.15, 0.2) is 36.9 Å². The minimum Gasteiger partial charge on any atom is -0.464 e. The number of esters is 1. The molecule has 3 aromatic rings. The van der Waals surface area contributed by atoms with Gasteiger partial charge in [0.1, 0.15) is 29.8 Å². The second kappa shape index (κ2) is 12.9. The zero-order valence-corrected chi connectivity index (χ0v) is 23.9. The molecule has 16 heteroatoms. The maximum atomic E-state index is 14.3. The van der Waals surface area contributed by atoms with Crippen molar-refractivity contribution in [2.24, 2.45) is 0 Å². The molecule has 41 heavy (non-hydrogen) atoms. The van der Waals surface area contributed by atoms with Gasteiger partial charge in [-0.3, -0.25) is 9.36 Å². The Balaban J connectivity index is 1.88. The van der Waals surface area contributed by atoms with Crippen LogP contribution in [-0.4, -0.2) is 56.3 Å². The number of hydrogen-bond acceptors (Lipinski definition) is 8. The highest BCUT2D eigenvalue weighted by molar-refractivity contribution is 7.59. The second-order valence-corrected chi connectivity index (χ2v) is 12.1. The summed E-state index contributed by atoms with van der Waals surface area (Å²) >= 11 is 0. The number of alkyl halides is 3. The first kappa shape index (κ1) is 32.0. The summed E-state index contributed by atoms with van der Waals surface area (Å²) in [5, 5.41) is 4.76. The third-order valence-corrected chi connectivity index (χ3v) is 7.96. The van der Waals surface area contributed by atoms with E-state index in [1.54, 1.807) is 18.4 Å². The predicted octanol–water partition coefficient (Wildman–Crippen LogP) is 4.73. The average molecular weight is 597 g/mol. The van der Waals surface area contributed by atoms with Gasteiger partial charge in [-0.1, -0.05) is 31.2 Å². The molecular weight excluding hydrogens is 564 g/mol. The summed E-state index contributed by atoms with van der Waals surface area (Å²) in [7, 11) is -4.34. The van der Waals surface area contributed by atoms with E-state index in [2.05, 4.69) is 30.0 Å². The number of rotatable bonds is 13. The number of nitrogens with one attached hydrogen (secondary N) is 2. The SMILES string of the molecule is [C-]#[N+]c1ccc([C@H](N[P@](=O)(CO[C@H](C)Cn2cnc3c(N)ncnc32)NC(C)(C)C(=O)OCCC)C(F)(F)F)cc1. The third-order valence-electron chi connectivity index (χ3n) is 5.85. The number of carbonyl (C=O) groups excluding carboxylic acids is 1. The molecule has 0 saturated heterocycles. The number of halogens is 3. The van der Waals surface area contributed by atoms with Crippen molar-refractivity contribution in [3.8, 4) is 0 Å². The van der Waals surface area contributed by atoms with E-state index in [-0.39, 0.29) is 30.2 Å². The first-order chi connectivity index (χ1) is 19.2. The Kier molecular flexibility index (Phi) is 10.1. The fourth-order valence-corrected chi connectivity index (χ4v) is 6.23. The predicted molar refractivity (Wildman–Crippen MR) is 146 cm³/mol. The molecule has 0 bridgehead atoms. The molecule has 0 aliphatic heterocycles. The van der Waals surface area contributed by atoms with E-state index in [0.29, 0.717) is 17.6 Å². The first-order valence-corrected chi connectivity index (χ1v) is 14.5. The Bertz CT molecular complexity index is 1440. The Hall–Kier alpha value is -3.57. The molecule has 2 heterocycles. The number of anilines is 1. The van der Waals surface area contributed by atoms with Gasteiger partial charge < -0.3 is 19.8 Å². The van der Waals surface area contributed by atoms with Gasteiger partial charge in [-0.15, -0.1) is 0 Å². The molecule has 2 aromatic heterocycles. The lowest BCUT2D eigenvalue weighted by Crippen LogP contribution is -2.50. The molecule has 3 atom stereocenters. The van der Waals surface area contributed by atoms with Gasteiger partial charge in [0.05, 0.1) is 32.2 Å². The number of nitrogens with zero attached hydrogens (tertiary/aromatic N) is 5. The summed E-state index contributed by atoms with van der Waals surface area (Å²) < 4.78 is 69.5. The van der Waals surface area contributed by atoms with Crippen molar-refractivity contribution in [1.82, 2.24) is 29.7 Å². The van der Waals surface area contributed by atoms with E-state index in [1.807, 2.05) is 0 Å². The van der Waals surface area contributed by atoms with Crippen LogP contribution in [0.2, 0.25) is 0 Å². The van der Waals surface area contributed by atoms with Gasteiger partial charge in [0.15, 0.2) is 17.2 Å². The van der Waals surface area contributed by atoms with E-state index in [0.717, 1.165) is 12.1 Å². The number of hydrogen-bond donors (Lipinski definition) is 3. The van der Waals surface area contributed by atoms with Crippen LogP contribution >= 0.6 is 7.44 Å². The normalized spacial score (nSPS) is 15.2. The molecule has 0 unspecified atom stereocenters. The first-order valence-electron chi connectivity index (χ1n) is 12.6. The van der Waals surface area contributed by atoms with Gasteiger partial charge in [0.2, 0.25) is 7.44 Å². The number of ether oxygens (including phenoxy) is 2. The van der Waals surface area contributed by atoms with Crippen LogP contribution in [0.3, 0.4) is 0 Å². The topological polar surface area (TPSA) is 151 Å². The zero-order valence-electron chi connectivity index (χ0n) is 23.0. The molecule has 0 spiro atoms. The number of aromatic nitrogens is 4. The highest BCUT2D eigenvalue weighted by Gasteiger charge is 2.47. The minimum atomic E-state index is -4.88. The molecule has 222 valence electrons. The Morgan fingerprint density at radius 1 is 1.22 bits per heavy atom. The number of benzene rings is 1. The van der Waals surface area contributed by atoms with Crippen molar-refractivity contribution < 1.29 is 32.0 Å². The van der Waals surface area contributed by atoms with Gasteiger partial charge >= 0.3 is 12.1 Å². The van der Waals surface area contributed by atoms with Crippen molar-refractivity contribution in [2.75, 3.05) is 18.7 Å². The van der Waals surface area contributed by atoms with E-state index < -0.39 is 43.6 Å². The van der Waals surface area contributed by atoms with Crippen molar-refractivity contribution in [3.63, 3.8) is 0 Å². The molecule has 1 aromatic carbocycles. The number of fused-ring (bicyclic) bond motifs is 1. The van der Waals surface area contributed by atoms with Crippen LogP contribution in [0.25, 0.3) is 16.0 Å². The summed E-state index contributed by atoms with van der Waals surface area (Å²) in [5.41, 5.74) is 4.86. The standard InChI is InChI=1S/C25H32F3N8O4P/c1-6-11-39-23(37)24(3,4)35-41(38,34-20(25(26,27)28)17-7-9-18(30-5)10-8-17)15-40-16(2)12-36-14-33-19-21(29)31-13-32-22(19)36/h7-10,13-14,16,20H,6,11-12,15H2,1-4H3,(H2,29,31,32)(H2,34,35,38)/t16-,20+,41-/m1/s1. The monoisotopic (exact) mass is 596 g/mol. The lowest BCUT2D eigenvalue weighted by Gasteiger charge is -2.34. The highest BCUT2D eigenvalue weighted by Crippen LogP contribution is 2.46. The summed E-state index contributed by atoms with van der Waals surface area (Å²) in [4.78, 5) is 28.1. The van der Waals surface area contributed by atoms with Crippen molar-refractivity contribution >= 4 is 36.1 Å². The Labute approximate surface area is 235 Å². The molecule has 0 radical (unpaired) electrons. The van der Waals surface area contributed by atoms with Gasteiger partial charge in [0, 0.05) is 0 Å². The average Bonchev–Trinajstić information content (AvgIpc) is 3.32. The zero-order chi connectivity index (χ0) is 30.4. The van der Waals surface area contributed by atoms with Crippen LogP contribution in [0.5, 0.6) is 0 Å². The van der Waals surface area contributed by atoms with Gasteiger partial charge in [-0.05, 0) is 32.8 Å². The smallest absolute Gasteiger partial charge is 0.408 e. The van der Waals surface area contributed by atoms with Crippen LogP contribution in [0.1, 0.15) is 45.7 Å². The second-order valence-electron chi connectivity index (χ2n) is 9.85. The Morgan fingerprint density at radius 3 is 2.51 bits per heavy atom. The number of carbonyl (C=O) groups is 1. The maximum absolute atomic E-state index is 14.3. The van der Waals surface area contributed by atoms with Crippen molar-refractivity contribution in [3.05, 3.63) is 53.9 Å². The maximum Gasteiger partial charge on any atom is 0.408 e. The molecule has 0 aliphatic rings. The molecule has 12 nitrogen and oxygen atoms in total. The van der Waals surface area contributed by atoms with Crippen LogP contribution in [-0.2, 0) is 25.4 Å². The lowest BCUT2D eigenvalue weighted by molar-refractivity contribution is -0.153. The van der Waals surface area contributed by atoms with Crippen molar-refractivity contribution in [1.29, 1.82) is 0 Å². The molecule has 4 N–H and O–H groups in total. The fourth-order valence-electron chi connectivity index (χ4n) is 3.85. The largest absolute Gasteiger partial charge is 0.464 e. The van der Waals surface area contributed by atoms with E-state index in [1.165, 1.54) is 38.6 Å². The highest BCUT2D eigenvalue weighted by atomic mass is 31.2. The summed E-state index contributed by atoms with van der Waals surface area (Å²) in [5.74, 6) is -0.610. The van der Waals surface area contributed by atoms with Gasteiger partial charge in [-0.25, -0.2) is 30.0 Å². The summed E-state index contributed by atoms with van der Waals surface area (Å²) in [6.07, 6.45) is -3.03. The van der Waals surface area contributed by atoms with Crippen LogP contribution < -0.4 is 15.9 Å². The molecule has 0 aliphatic carbocycles. The van der Waals surface area contributed by atoms with Crippen molar-refractivity contribution in [2.45, 2.75) is 64.5 Å².